The Morgan fingerprint density at radius 1 is 0.818 bits per heavy atom. The standard InChI is InChI=1S/C16H16N6/c17-21-15-5-1-13(2-6-15)11-19-9-10-20-12-14-3-7-16(22-18)8-4-14/h1-5,7,11-12H,6,8-10H2. The molecular formula is C16H16N6. The molecule has 0 radical (unpaired) electrons. The van der Waals surface area contributed by atoms with Crippen LogP contribution < -0.4 is 0 Å². The number of hydrogen-bond donors (Lipinski definition) is 0. The molecule has 6 heteroatoms. The molecule has 0 aromatic rings. The van der Waals surface area contributed by atoms with Crippen LogP contribution >= 0.6 is 0 Å². The summed E-state index contributed by atoms with van der Waals surface area (Å²) in [5.74, 6) is 0. The number of rotatable bonds is 5. The van der Waals surface area contributed by atoms with Crippen LogP contribution in [0.2, 0.25) is 0 Å². The summed E-state index contributed by atoms with van der Waals surface area (Å²) < 4.78 is 0. The molecule has 0 fully saturated rings. The van der Waals surface area contributed by atoms with Crippen LogP contribution in [0.15, 0.2) is 57.6 Å². The zero-order valence-electron chi connectivity index (χ0n) is 12.1. The lowest BCUT2D eigenvalue weighted by Gasteiger charge is -1.98. The smallest absolute Gasteiger partial charge is 0.295 e. The van der Waals surface area contributed by atoms with Crippen molar-refractivity contribution in [3.63, 3.8) is 0 Å². The van der Waals surface area contributed by atoms with Crippen LogP contribution in [0.4, 0.5) is 0 Å². The van der Waals surface area contributed by atoms with E-state index in [0.717, 1.165) is 11.1 Å². The summed E-state index contributed by atoms with van der Waals surface area (Å²) in [6, 6.07) is 0. The van der Waals surface area contributed by atoms with Crippen molar-refractivity contribution >= 4 is 23.9 Å². The summed E-state index contributed by atoms with van der Waals surface area (Å²) in [5.41, 5.74) is 20.5. The van der Waals surface area contributed by atoms with Crippen LogP contribution in [-0.4, -0.2) is 46.5 Å². The van der Waals surface area contributed by atoms with Gasteiger partial charge in [-0.2, -0.15) is 9.58 Å². The van der Waals surface area contributed by atoms with Crippen molar-refractivity contribution in [3.05, 3.63) is 58.7 Å². The molecule has 0 unspecified atom stereocenters. The number of nitrogens with zero attached hydrogens (tertiary/aromatic N) is 6. The molecule has 0 amide bonds. The second-order valence-electron chi connectivity index (χ2n) is 4.74. The van der Waals surface area contributed by atoms with Crippen molar-refractivity contribution in [2.45, 2.75) is 12.8 Å². The molecule has 22 heavy (non-hydrogen) atoms. The van der Waals surface area contributed by atoms with Gasteiger partial charge >= 0.3 is 0 Å². The molecule has 0 aromatic heterocycles. The van der Waals surface area contributed by atoms with Crippen LogP contribution in [0.3, 0.4) is 0 Å². The summed E-state index contributed by atoms with van der Waals surface area (Å²) in [6.07, 6.45) is 16.0. The van der Waals surface area contributed by atoms with Gasteiger partial charge < -0.3 is 11.1 Å². The topological polar surface area (TPSA) is 97.5 Å². The summed E-state index contributed by atoms with van der Waals surface area (Å²) in [5, 5.41) is 0. The van der Waals surface area contributed by atoms with Gasteiger partial charge in [-0.15, -0.1) is 0 Å². The molecule has 0 aliphatic heterocycles. The fourth-order valence-corrected chi connectivity index (χ4v) is 1.90. The van der Waals surface area contributed by atoms with Crippen molar-refractivity contribution in [3.8, 4) is 0 Å². The Morgan fingerprint density at radius 3 is 1.59 bits per heavy atom. The zero-order chi connectivity index (χ0) is 15.6. The van der Waals surface area contributed by atoms with E-state index in [-0.39, 0.29) is 0 Å². The summed E-state index contributed by atoms with van der Waals surface area (Å²) in [7, 11) is 0. The van der Waals surface area contributed by atoms with E-state index < -0.39 is 0 Å². The third-order valence-electron chi connectivity index (χ3n) is 3.13. The van der Waals surface area contributed by atoms with Gasteiger partial charge in [0.2, 0.25) is 0 Å². The Bertz CT molecular complexity index is 643. The summed E-state index contributed by atoms with van der Waals surface area (Å²) in [4.78, 5) is 14.9. The molecule has 0 saturated carbocycles. The number of allylic oxidation sites excluding steroid dienone is 8. The molecule has 0 atom stereocenters. The van der Waals surface area contributed by atoms with Crippen molar-refractivity contribution in [1.82, 2.24) is 0 Å². The van der Waals surface area contributed by atoms with Crippen molar-refractivity contribution in [1.29, 1.82) is 0 Å². The van der Waals surface area contributed by atoms with Gasteiger partial charge in [0.05, 0.1) is 25.9 Å². The molecule has 0 N–H and O–H groups in total. The fraction of sp³-hybridized carbons (Fsp3) is 0.250. The molecule has 0 bridgehead atoms. The Balaban J connectivity index is 1.72. The second kappa shape index (κ2) is 8.37. The molecule has 2 aliphatic rings. The Morgan fingerprint density at radius 2 is 1.27 bits per heavy atom. The van der Waals surface area contributed by atoms with E-state index >= 15 is 0 Å². The van der Waals surface area contributed by atoms with Gasteiger partial charge in [0.15, 0.2) is 0 Å². The first-order chi connectivity index (χ1) is 10.8. The largest absolute Gasteiger partial charge is 0.361 e. The van der Waals surface area contributed by atoms with E-state index in [4.69, 9.17) is 11.1 Å². The third kappa shape index (κ3) is 4.87. The number of hydrogen-bond acceptors (Lipinski definition) is 2. The lowest BCUT2D eigenvalue weighted by atomic mass is 10.1. The maximum Gasteiger partial charge on any atom is 0.295 e. The third-order valence-corrected chi connectivity index (χ3v) is 3.13. The molecule has 0 aromatic carbocycles. The predicted octanol–water partition coefficient (Wildman–Crippen LogP) is 2.24. The quantitative estimate of drug-likeness (QED) is 0.321. The fourth-order valence-electron chi connectivity index (χ4n) is 1.90. The zero-order valence-corrected chi connectivity index (χ0v) is 12.1. The normalized spacial score (nSPS) is 17.6. The highest BCUT2D eigenvalue weighted by atomic mass is 14.9. The first-order valence-electron chi connectivity index (χ1n) is 7.00. The molecule has 110 valence electrons. The van der Waals surface area contributed by atoms with Gasteiger partial charge in [-0.3, -0.25) is 9.98 Å². The first kappa shape index (κ1) is 15.4. The maximum absolute atomic E-state index is 8.62. The van der Waals surface area contributed by atoms with Crippen LogP contribution in [0, 0.1) is 0 Å². The second-order valence-corrected chi connectivity index (χ2v) is 4.74. The molecule has 6 nitrogen and oxygen atoms in total. The molecule has 0 saturated heterocycles. The van der Waals surface area contributed by atoms with Gasteiger partial charge in [0, 0.05) is 24.6 Å². The highest BCUT2D eigenvalue weighted by Crippen LogP contribution is 2.05. The Hall–Kier alpha value is -2.94. The monoisotopic (exact) mass is 292 g/mol. The molecule has 0 heterocycles. The summed E-state index contributed by atoms with van der Waals surface area (Å²) in [6.45, 7) is 1.23. The van der Waals surface area contributed by atoms with E-state index in [1.165, 1.54) is 0 Å². The van der Waals surface area contributed by atoms with Gasteiger partial charge in [-0.25, -0.2) is 0 Å². The van der Waals surface area contributed by atoms with Gasteiger partial charge in [0.1, 0.15) is 0 Å². The lowest BCUT2D eigenvalue weighted by molar-refractivity contribution is -0.00587. The average Bonchev–Trinajstić information content (AvgIpc) is 2.59. The van der Waals surface area contributed by atoms with Crippen molar-refractivity contribution in [2.24, 2.45) is 9.98 Å². The van der Waals surface area contributed by atoms with Gasteiger partial charge in [-0.1, -0.05) is 12.2 Å². The molecular weight excluding hydrogens is 276 g/mol. The van der Waals surface area contributed by atoms with Crippen LogP contribution in [0.25, 0.3) is 11.1 Å². The minimum absolute atomic E-state index is 0.614. The maximum atomic E-state index is 8.62. The predicted molar refractivity (Wildman–Crippen MR) is 87.7 cm³/mol. The van der Waals surface area contributed by atoms with Crippen LogP contribution in [-0.2, 0) is 0 Å². The van der Waals surface area contributed by atoms with Gasteiger partial charge in [0.25, 0.3) is 11.4 Å². The Labute approximate surface area is 128 Å². The molecule has 0 spiro atoms. The lowest BCUT2D eigenvalue weighted by Crippen LogP contribution is -2.00. The van der Waals surface area contributed by atoms with Crippen molar-refractivity contribution < 1.29 is 9.58 Å². The van der Waals surface area contributed by atoms with E-state index in [2.05, 4.69) is 19.6 Å². The van der Waals surface area contributed by atoms with Gasteiger partial charge in [-0.05, 0) is 23.3 Å². The van der Waals surface area contributed by atoms with E-state index in [1.807, 2.05) is 24.3 Å². The van der Waals surface area contributed by atoms with E-state index in [9.17, 15) is 0 Å². The Kier molecular flexibility index (Phi) is 5.88. The highest BCUT2D eigenvalue weighted by molar-refractivity contribution is 5.98. The van der Waals surface area contributed by atoms with Crippen LogP contribution in [0.5, 0.6) is 0 Å². The molecule has 2 aliphatic carbocycles. The van der Waals surface area contributed by atoms with Crippen molar-refractivity contribution in [2.75, 3.05) is 13.1 Å². The molecule has 2 rings (SSSR count). The van der Waals surface area contributed by atoms with E-state index in [1.54, 1.807) is 24.6 Å². The minimum atomic E-state index is 0.614. The number of aliphatic imine (C=N–C) groups is 2. The summed E-state index contributed by atoms with van der Waals surface area (Å²) >= 11 is 0. The van der Waals surface area contributed by atoms with Crippen LogP contribution in [0.1, 0.15) is 12.8 Å². The first-order valence-corrected chi connectivity index (χ1v) is 7.00. The minimum Gasteiger partial charge on any atom is -0.361 e. The van der Waals surface area contributed by atoms with E-state index in [0.29, 0.717) is 37.4 Å². The SMILES string of the molecule is [N-]=[N+]=C1C=CC(C=NCCN=CC2=CCC(=[N+]=[N-])C=C2)=CC1. The highest BCUT2D eigenvalue weighted by Gasteiger charge is 2.06. The average molecular weight is 292 g/mol.